The summed E-state index contributed by atoms with van der Waals surface area (Å²) in [5, 5.41) is 13.7. The zero-order valence-corrected chi connectivity index (χ0v) is 19.7. The molecule has 1 fully saturated rings. The van der Waals surface area contributed by atoms with Gasteiger partial charge in [-0.1, -0.05) is 23.2 Å². The molecule has 0 saturated carbocycles. The lowest BCUT2D eigenvalue weighted by Crippen LogP contribution is -2.49. The van der Waals surface area contributed by atoms with E-state index in [2.05, 4.69) is 25.7 Å². The average molecular weight is 509 g/mol. The Morgan fingerprint density at radius 2 is 2.12 bits per heavy atom. The van der Waals surface area contributed by atoms with Crippen LogP contribution >= 0.6 is 23.2 Å². The lowest BCUT2D eigenvalue weighted by atomic mass is 10.1. The zero-order chi connectivity index (χ0) is 24.2. The molecule has 180 valence electrons. The molecule has 2 aliphatic heterocycles. The summed E-state index contributed by atoms with van der Waals surface area (Å²) in [6.45, 7) is 4.66. The number of nitrogens with one attached hydrogen (secondary N) is 2. The Balaban J connectivity index is 1.43. The monoisotopic (exact) mass is 508 g/mol. The van der Waals surface area contributed by atoms with Crippen molar-refractivity contribution in [1.82, 2.24) is 25.7 Å². The van der Waals surface area contributed by atoms with Gasteiger partial charge in [-0.3, -0.25) is 9.69 Å². The molecule has 0 spiro atoms. The number of rotatable bonds is 6. The SMILES string of the molecule is CC(Oc1cc(C(=O)NC2=CNC(N3CCOCC3)C=C2)nnc1N)c1c(Cl)ccc(F)c1Cl. The number of nitrogen functional groups attached to an aromatic ring is 1. The van der Waals surface area contributed by atoms with Crippen molar-refractivity contribution in [3.63, 3.8) is 0 Å². The summed E-state index contributed by atoms with van der Waals surface area (Å²) in [4.78, 5) is 15.0. The first kappa shape index (κ1) is 24.2. The van der Waals surface area contributed by atoms with Crippen LogP contribution in [0.2, 0.25) is 10.0 Å². The number of dihydropyridines is 1. The lowest BCUT2D eigenvalue weighted by molar-refractivity contribution is 0.0217. The van der Waals surface area contributed by atoms with Crippen LogP contribution in [0.5, 0.6) is 5.75 Å². The first-order valence-corrected chi connectivity index (χ1v) is 11.3. The fourth-order valence-corrected chi connectivity index (χ4v) is 4.26. The molecular formula is C22H23Cl2FN6O3. The van der Waals surface area contributed by atoms with E-state index in [0.717, 1.165) is 19.2 Å². The van der Waals surface area contributed by atoms with E-state index in [0.29, 0.717) is 18.9 Å². The Hall–Kier alpha value is -2.92. The molecule has 9 nitrogen and oxygen atoms in total. The lowest BCUT2D eigenvalue weighted by Gasteiger charge is -2.34. The maximum atomic E-state index is 13.9. The number of nitrogens with zero attached hydrogens (tertiary/aromatic N) is 3. The summed E-state index contributed by atoms with van der Waals surface area (Å²) in [5.41, 5.74) is 6.67. The first-order chi connectivity index (χ1) is 16.3. The Morgan fingerprint density at radius 3 is 2.82 bits per heavy atom. The summed E-state index contributed by atoms with van der Waals surface area (Å²) in [6, 6.07) is 3.90. The topological polar surface area (TPSA) is 115 Å². The van der Waals surface area contributed by atoms with Crippen molar-refractivity contribution in [3.8, 4) is 5.75 Å². The normalized spacial score (nSPS) is 19.2. The number of morpholine rings is 1. The summed E-state index contributed by atoms with van der Waals surface area (Å²) in [5.74, 6) is -1.09. The molecule has 4 rings (SSSR count). The maximum Gasteiger partial charge on any atom is 0.276 e. The van der Waals surface area contributed by atoms with Gasteiger partial charge in [0.05, 0.1) is 30.1 Å². The molecule has 3 heterocycles. The van der Waals surface area contributed by atoms with Crippen LogP contribution in [0.4, 0.5) is 10.2 Å². The fourth-order valence-electron chi connectivity index (χ4n) is 3.58. The molecule has 2 unspecified atom stereocenters. The van der Waals surface area contributed by atoms with E-state index in [9.17, 15) is 9.18 Å². The zero-order valence-electron chi connectivity index (χ0n) is 18.2. The van der Waals surface area contributed by atoms with Gasteiger partial charge in [0.2, 0.25) is 0 Å². The molecule has 1 amide bonds. The number of hydrogen-bond acceptors (Lipinski definition) is 8. The average Bonchev–Trinajstić information content (AvgIpc) is 2.84. The van der Waals surface area contributed by atoms with Gasteiger partial charge in [0.15, 0.2) is 17.3 Å². The van der Waals surface area contributed by atoms with Crippen molar-refractivity contribution in [1.29, 1.82) is 0 Å². The predicted molar refractivity (Wildman–Crippen MR) is 126 cm³/mol. The third-order valence-corrected chi connectivity index (χ3v) is 6.09. The largest absolute Gasteiger partial charge is 0.482 e. The quantitative estimate of drug-likeness (QED) is 0.510. The highest BCUT2D eigenvalue weighted by Crippen LogP contribution is 2.35. The Kier molecular flexibility index (Phi) is 7.52. The molecule has 34 heavy (non-hydrogen) atoms. The van der Waals surface area contributed by atoms with Gasteiger partial charge in [0.25, 0.3) is 5.91 Å². The van der Waals surface area contributed by atoms with Crippen LogP contribution in [0.15, 0.2) is 42.2 Å². The number of amides is 1. The molecule has 0 aliphatic carbocycles. The number of benzene rings is 1. The Morgan fingerprint density at radius 1 is 1.35 bits per heavy atom. The Labute approximate surface area is 205 Å². The highest BCUT2D eigenvalue weighted by atomic mass is 35.5. The minimum Gasteiger partial charge on any atom is -0.482 e. The van der Waals surface area contributed by atoms with Crippen LogP contribution in [0.1, 0.15) is 29.1 Å². The first-order valence-electron chi connectivity index (χ1n) is 10.5. The highest BCUT2D eigenvalue weighted by molar-refractivity contribution is 6.36. The molecule has 2 aliphatic rings. The molecule has 1 saturated heterocycles. The van der Waals surface area contributed by atoms with Crippen molar-refractivity contribution in [2.75, 3.05) is 32.0 Å². The smallest absolute Gasteiger partial charge is 0.276 e. The number of allylic oxidation sites excluding steroid dienone is 1. The van der Waals surface area contributed by atoms with Gasteiger partial charge in [-0.05, 0) is 31.2 Å². The van der Waals surface area contributed by atoms with E-state index < -0.39 is 17.8 Å². The minimum atomic E-state index is -0.775. The third-order valence-electron chi connectivity index (χ3n) is 5.37. The van der Waals surface area contributed by atoms with Gasteiger partial charge in [0.1, 0.15) is 11.9 Å². The fraction of sp³-hybridized carbons (Fsp3) is 0.318. The van der Waals surface area contributed by atoms with E-state index in [1.165, 1.54) is 12.1 Å². The minimum absolute atomic E-state index is 0.0163. The number of ether oxygens (including phenoxy) is 2. The van der Waals surface area contributed by atoms with Gasteiger partial charge < -0.3 is 25.8 Å². The van der Waals surface area contributed by atoms with Crippen LogP contribution in [-0.2, 0) is 4.74 Å². The second-order valence-corrected chi connectivity index (χ2v) is 8.45. The van der Waals surface area contributed by atoms with Crippen LogP contribution in [-0.4, -0.2) is 53.5 Å². The molecule has 12 heteroatoms. The summed E-state index contributed by atoms with van der Waals surface area (Å²) >= 11 is 12.2. The number of nitrogens with two attached hydrogens (primary N) is 1. The van der Waals surface area contributed by atoms with E-state index in [-0.39, 0.29) is 39.0 Å². The van der Waals surface area contributed by atoms with Gasteiger partial charge in [-0.15, -0.1) is 10.2 Å². The summed E-state index contributed by atoms with van der Waals surface area (Å²) in [6.07, 6.45) is 4.74. The Bertz CT molecular complexity index is 1140. The second-order valence-electron chi connectivity index (χ2n) is 7.67. The van der Waals surface area contributed by atoms with Crippen molar-refractivity contribution >= 4 is 34.9 Å². The molecule has 1 aromatic carbocycles. The molecule has 0 bridgehead atoms. The van der Waals surface area contributed by atoms with Crippen molar-refractivity contribution in [2.45, 2.75) is 19.2 Å². The third kappa shape index (κ3) is 5.41. The second kappa shape index (κ2) is 10.6. The molecule has 1 aromatic heterocycles. The van der Waals surface area contributed by atoms with Crippen LogP contribution < -0.4 is 21.1 Å². The van der Waals surface area contributed by atoms with Crippen LogP contribution in [0, 0.1) is 5.82 Å². The van der Waals surface area contributed by atoms with Gasteiger partial charge in [-0.2, -0.15) is 0 Å². The van der Waals surface area contributed by atoms with E-state index in [4.69, 9.17) is 38.4 Å². The van der Waals surface area contributed by atoms with Crippen LogP contribution in [0.25, 0.3) is 0 Å². The molecule has 2 atom stereocenters. The summed E-state index contributed by atoms with van der Waals surface area (Å²) in [7, 11) is 0. The molecule has 2 aromatic rings. The summed E-state index contributed by atoms with van der Waals surface area (Å²) < 4.78 is 25.1. The number of halogens is 3. The van der Waals surface area contributed by atoms with Crippen molar-refractivity contribution < 1.29 is 18.7 Å². The van der Waals surface area contributed by atoms with Crippen LogP contribution in [0.3, 0.4) is 0 Å². The van der Waals surface area contributed by atoms with Gasteiger partial charge in [-0.25, -0.2) is 4.39 Å². The van der Waals surface area contributed by atoms with E-state index >= 15 is 0 Å². The number of carbonyl (C=O) groups excluding carboxylic acids is 1. The number of aromatic nitrogens is 2. The van der Waals surface area contributed by atoms with E-state index in [1.54, 1.807) is 13.1 Å². The van der Waals surface area contributed by atoms with Crippen molar-refractivity contribution in [3.05, 3.63) is 69.4 Å². The van der Waals surface area contributed by atoms with Crippen molar-refractivity contribution in [2.24, 2.45) is 0 Å². The molecular weight excluding hydrogens is 486 g/mol. The molecule has 0 radical (unpaired) electrons. The standard InChI is InChI=1S/C22H23Cl2FN6O3/c1-12(19-14(23)3-4-15(25)20(19)24)34-17-10-16(29-30-21(17)26)22(32)28-13-2-5-18(27-11-13)31-6-8-33-9-7-31/h2-5,10-12,18,27H,6-9H2,1H3,(H2,26,30)(H,28,32). The van der Waals surface area contributed by atoms with Gasteiger partial charge >= 0.3 is 0 Å². The van der Waals surface area contributed by atoms with Gasteiger partial charge in [0, 0.05) is 35.9 Å². The predicted octanol–water partition coefficient (Wildman–Crippen LogP) is 3.03. The maximum absolute atomic E-state index is 13.9. The van der Waals surface area contributed by atoms with E-state index in [1.807, 2.05) is 12.2 Å². The number of anilines is 1. The number of hydrogen-bond donors (Lipinski definition) is 3. The number of carbonyl (C=O) groups is 1. The molecule has 4 N–H and O–H groups in total. The highest BCUT2D eigenvalue weighted by Gasteiger charge is 2.22.